The van der Waals surface area contributed by atoms with Crippen molar-refractivity contribution in [2.75, 3.05) is 44.2 Å². The first-order valence-electron chi connectivity index (χ1n) is 10.9. The number of anilines is 1. The van der Waals surface area contributed by atoms with Gasteiger partial charge in [-0.05, 0) is 38.0 Å². The van der Waals surface area contributed by atoms with Crippen LogP contribution in [-0.2, 0) is 0 Å². The van der Waals surface area contributed by atoms with Crippen LogP contribution >= 0.6 is 0 Å². The fourth-order valence-corrected chi connectivity index (χ4v) is 4.55. The van der Waals surface area contributed by atoms with E-state index in [4.69, 9.17) is 0 Å². The highest BCUT2D eigenvalue weighted by Crippen LogP contribution is 2.30. The van der Waals surface area contributed by atoms with Gasteiger partial charge in [0.05, 0.1) is 4.92 Å². The first kappa shape index (κ1) is 22.1. The van der Waals surface area contributed by atoms with Gasteiger partial charge in [-0.1, -0.05) is 6.07 Å². The van der Waals surface area contributed by atoms with Gasteiger partial charge >= 0.3 is 0 Å². The largest absolute Gasteiger partial charge is 0.369 e. The molecule has 0 spiro atoms. The molecule has 1 atom stereocenters. The number of rotatable bonds is 5. The first-order valence-corrected chi connectivity index (χ1v) is 10.9. The lowest BCUT2D eigenvalue weighted by Crippen LogP contribution is -2.47. The van der Waals surface area contributed by atoms with Crippen molar-refractivity contribution in [3.63, 3.8) is 0 Å². The monoisotopic (exact) mass is 444 g/mol. The van der Waals surface area contributed by atoms with Crippen molar-refractivity contribution in [3.8, 4) is 0 Å². The maximum Gasteiger partial charge on any atom is 0.282 e. The molecule has 1 unspecified atom stereocenters. The SMILES string of the molecule is CC(c1ccc(F)cc1F)N1CCN(c2ccc([N+](=O)[O-])c(C(=O)N3CCCC3)c2)CC1. The van der Waals surface area contributed by atoms with Crippen molar-refractivity contribution < 1.29 is 18.5 Å². The molecule has 32 heavy (non-hydrogen) atoms. The van der Waals surface area contributed by atoms with Gasteiger partial charge in [0.25, 0.3) is 11.6 Å². The number of carbonyl (C=O) groups is 1. The van der Waals surface area contributed by atoms with E-state index in [-0.39, 0.29) is 23.2 Å². The van der Waals surface area contributed by atoms with Gasteiger partial charge in [-0.25, -0.2) is 8.78 Å². The Morgan fingerprint density at radius 3 is 2.31 bits per heavy atom. The van der Waals surface area contributed by atoms with Gasteiger partial charge in [0.15, 0.2) is 0 Å². The summed E-state index contributed by atoms with van der Waals surface area (Å²) in [7, 11) is 0. The van der Waals surface area contributed by atoms with Crippen LogP contribution in [0.5, 0.6) is 0 Å². The van der Waals surface area contributed by atoms with Gasteiger partial charge in [-0.2, -0.15) is 0 Å². The molecular weight excluding hydrogens is 418 g/mol. The number of hydrogen-bond acceptors (Lipinski definition) is 5. The number of halogens is 2. The lowest BCUT2D eigenvalue weighted by Gasteiger charge is -2.39. The average Bonchev–Trinajstić information content (AvgIpc) is 3.33. The molecule has 2 aliphatic rings. The molecule has 2 aromatic rings. The van der Waals surface area contributed by atoms with Gasteiger partial charge < -0.3 is 9.80 Å². The minimum absolute atomic E-state index is 0.124. The van der Waals surface area contributed by atoms with Gasteiger partial charge in [0.1, 0.15) is 17.2 Å². The summed E-state index contributed by atoms with van der Waals surface area (Å²) < 4.78 is 27.4. The molecule has 0 N–H and O–H groups in total. The van der Waals surface area contributed by atoms with Crippen LogP contribution in [0.4, 0.5) is 20.2 Å². The lowest BCUT2D eigenvalue weighted by atomic mass is 10.0. The minimum atomic E-state index is -0.597. The van der Waals surface area contributed by atoms with Crippen LogP contribution in [0.15, 0.2) is 36.4 Å². The summed E-state index contributed by atoms with van der Waals surface area (Å²) >= 11 is 0. The Kier molecular flexibility index (Phi) is 6.36. The zero-order chi connectivity index (χ0) is 22.8. The van der Waals surface area contributed by atoms with Crippen LogP contribution in [0.25, 0.3) is 0 Å². The number of likely N-dealkylation sites (tertiary alicyclic amines) is 1. The third-order valence-corrected chi connectivity index (χ3v) is 6.44. The summed E-state index contributed by atoms with van der Waals surface area (Å²) in [6.07, 6.45) is 1.82. The number of hydrogen-bond donors (Lipinski definition) is 0. The van der Waals surface area contributed by atoms with E-state index < -0.39 is 16.6 Å². The number of piperazine rings is 1. The van der Waals surface area contributed by atoms with Crippen molar-refractivity contribution in [1.82, 2.24) is 9.80 Å². The topological polar surface area (TPSA) is 69.9 Å². The van der Waals surface area contributed by atoms with Crippen LogP contribution in [0.3, 0.4) is 0 Å². The van der Waals surface area contributed by atoms with E-state index in [9.17, 15) is 23.7 Å². The van der Waals surface area contributed by atoms with Crippen molar-refractivity contribution in [1.29, 1.82) is 0 Å². The summed E-state index contributed by atoms with van der Waals surface area (Å²) in [5, 5.41) is 11.5. The minimum Gasteiger partial charge on any atom is -0.369 e. The highest BCUT2D eigenvalue weighted by Gasteiger charge is 2.29. The highest BCUT2D eigenvalue weighted by atomic mass is 19.1. The van der Waals surface area contributed by atoms with E-state index >= 15 is 0 Å². The summed E-state index contributed by atoms with van der Waals surface area (Å²) in [5.74, 6) is -1.45. The molecule has 2 aromatic carbocycles. The number of amides is 1. The van der Waals surface area contributed by atoms with E-state index in [1.807, 2.05) is 6.92 Å². The summed E-state index contributed by atoms with van der Waals surface area (Å²) in [6.45, 7) is 5.68. The zero-order valence-corrected chi connectivity index (χ0v) is 18.0. The van der Waals surface area contributed by atoms with E-state index in [0.29, 0.717) is 44.8 Å². The van der Waals surface area contributed by atoms with Crippen molar-refractivity contribution >= 4 is 17.3 Å². The summed E-state index contributed by atoms with van der Waals surface area (Å²) in [5.41, 5.74) is 1.16. The molecule has 2 saturated heterocycles. The quantitative estimate of drug-likeness (QED) is 0.515. The molecule has 2 aliphatic heterocycles. The van der Waals surface area contributed by atoms with E-state index in [0.717, 1.165) is 24.6 Å². The highest BCUT2D eigenvalue weighted by molar-refractivity contribution is 5.99. The van der Waals surface area contributed by atoms with Gasteiger partial charge in [0, 0.05) is 68.7 Å². The second kappa shape index (κ2) is 9.20. The van der Waals surface area contributed by atoms with Crippen molar-refractivity contribution in [2.24, 2.45) is 0 Å². The molecule has 4 rings (SSSR count). The predicted molar refractivity (Wildman–Crippen MR) is 117 cm³/mol. The standard InChI is InChI=1S/C23H26F2N4O3/c1-16(19-6-4-17(24)14-21(19)25)26-10-12-27(13-11-26)18-5-7-22(29(31)32)20(15-18)23(30)28-8-2-3-9-28/h4-7,14-16H,2-3,8-13H2,1H3. The zero-order valence-electron chi connectivity index (χ0n) is 18.0. The van der Waals surface area contributed by atoms with Crippen LogP contribution in [0.1, 0.15) is 41.7 Å². The van der Waals surface area contributed by atoms with E-state index in [1.165, 1.54) is 18.2 Å². The average molecular weight is 444 g/mol. The third kappa shape index (κ3) is 4.43. The maximum absolute atomic E-state index is 14.2. The van der Waals surface area contributed by atoms with Crippen molar-refractivity contribution in [3.05, 3.63) is 69.3 Å². The second-order valence-electron chi connectivity index (χ2n) is 8.32. The number of nitro benzene ring substituents is 1. The fourth-order valence-electron chi connectivity index (χ4n) is 4.55. The van der Waals surface area contributed by atoms with Crippen LogP contribution < -0.4 is 4.90 Å². The third-order valence-electron chi connectivity index (χ3n) is 6.44. The van der Waals surface area contributed by atoms with Gasteiger partial charge in [-0.3, -0.25) is 19.8 Å². The number of benzene rings is 2. The Morgan fingerprint density at radius 1 is 1.00 bits per heavy atom. The number of nitrogens with zero attached hydrogens (tertiary/aromatic N) is 4. The second-order valence-corrected chi connectivity index (χ2v) is 8.32. The molecule has 0 aromatic heterocycles. The van der Waals surface area contributed by atoms with E-state index in [1.54, 1.807) is 17.0 Å². The molecule has 0 bridgehead atoms. The molecule has 0 aliphatic carbocycles. The number of nitro groups is 1. The number of carbonyl (C=O) groups excluding carboxylic acids is 1. The smallest absolute Gasteiger partial charge is 0.282 e. The predicted octanol–water partition coefficient (Wildman–Crippen LogP) is 3.99. The molecule has 7 nitrogen and oxygen atoms in total. The molecule has 2 heterocycles. The molecule has 9 heteroatoms. The normalized spacial score (nSPS) is 18.1. The Morgan fingerprint density at radius 2 is 1.69 bits per heavy atom. The van der Waals surface area contributed by atoms with Gasteiger partial charge in [-0.15, -0.1) is 0 Å². The Labute approximate surface area is 185 Å². The van der Waals surface area contributed by atoms with Crippen LogP contribution in [0.2, 0.25) is 0 Å². The lowest BCUT2D eigenvalue weighted by molar-refractivity contribution is -0.385. The van der Waals surface area contributed by atoms with Crippen LogP contribution in [-0.4, -0.2) is 59.9 Å². The molecule has 1 amide bonds. The molecular formula is C23H26F2N4O3. The van der Waals surface area contributed by atoms with E-state index in [2.05, 4.69) is 9.80 Å². The van der Waals surface area contributed by atoms with Crippen molar-refractivity contribution in [2.45, 2.75) is 25.8 Å². The Hall–Kier alpha value is -3.07. The molecule has 0 radical (unpaired) electrons. The van der Waals surface area contributed by atoms with Gasteiger partial charge in [0.2, 0.25) is 0 Å². The summed E-state index contributed by atoms with van der Waals surface area (Å²) in [4.78, 5) is 29.7. The molecule has 170 valence electrons. The van der Waals surface area contributed by atoms with Crippen LogP contribution in [0, 0.1) is 21.7 Å². The summed E-state index contributed by atoms with van der Waals surface area (Å²) in [6, 6.07) is 8.14. The molecule has 0 saturated carbocycles. The fraction of sp³-hybridized carbons (Fsp3) is 0.435. The Bertz CT molecular complexity index is 1020. The Balaban J connectivity index is 1.49. The maximum atomic E-state index is 14.2. The molecule has 2 fully saturated rings. The first-order chi connectivity index (χ1) is 15.3.